The van der Waals surface area contributed by atoms with Gasteiger partial charge in [0.25, 0.3) is 0 Å². The number of sulfonamides is 1. The average molecular weight is 346 g/mol. The van der Waals surface area contributed by atoms with Gasteiger partial charge in [-0.15, -0.1) is 24.8 Å². The fourth-order valence-electron chi connectivity index (χ4n) is 1.96. The third-order valence-electron chi connectivity index (χ3n) is 3.00. The van der Waals surface area contributed by atoms with Crippen LogP contribution in [0.3, 0.4) is 0 Å². The lowest BCUT2D eigenvalue weighted by atomic mass is 10.3. The van der Waals surface area contributed by atoms with Crippen LogP contribution in [-0.2, 0) is 10.0 Å². The Morgan fingerprint density at radius 3 is 2.55 bits per heavy atom. The van der Waals surface area contributed by atoms with Crippen molar-refractivity contribution < 1.29 is 8.42 Å². The second-order valence-electron chi connectivity index (χ2n) is 4.35. The third-order valence-corrected chi connectivity index (χ3v) is 4.58. The van der Waals surface area contributed by atoms with Crippen molar-refractivity contribution in [1.82, 2.24) is 25.1 Å². The zero-order valence-corrected chi connectivity index (χ0v) is 13.7. The highest BCUT2D eigenvalue weighted by molar-refractivity contribution is 7.89. The predicted molar refractivity (Wildman–Crippen MR) is 82.3 cm³/mol. The smallest absolute Gasteiger partial charge is 0.243 e. The zero-order valence-electron chi connectivity index (χ0n) is 11.3. The van der Waals surface area contributed by atoms with Gasteiger partial charge in [-0.3, -0.25) is 10.00 Å². The minimum Gasteiger partial charge on any atom is -0.314 e. The molecule has 2 rings (SSSR count). The fraction of sp³-hybridized carbons (Fsp3) is 0.700. The second-order valence-corrected chi connectivity index (χ2v) is 6.08. The van der Waals surface area contributed by atoms with E-state index in [9.17, 15) is 8.42 Å². The van der Waals surface area contributed by atoms with E-state index in [0.29, 0.717) is 12.2 Å². The van der Waals surface area contributed by atoms with Crippen molar-refractivity contribution in [2.45, 2.75) is 11.8 Å². The lowest BCUT2D eigenvalue weighted by Gasteiger charge is -2.26. The third kappa shape index (κ3) is 5.19. The highest BCUT2D eigenvalue weighted by atomic mass is 35.5. The number of aromatic amines is 1. The summed E-state index contributed by atoms with van der Waals surface area (Å²) in [5.74, 6) is 0. The molecule has 2 heterocycles. The minimum atomic E-state index is -3.43. The number of nitrogens with one attached hydrogen (secondary N) is 3. The van der Waals surface area contributed by atoms with Crippen molar-refractivity contribution in [3.8, 4) is 0 Å². The lowest BCUT2D eigenvalue weighted by Crippen LogP contribution is -2.46. The Morgan fingerprint density at radius 2 is 2.00 bits per heavy atom. The molecule has 0 radical (unpaired) electrons. The summed E-state index contributed by atoms with van der Waals surface area (Å²) >= 11 is 0. The van der Waals surface area contributed by atoms with Gasteiger partial charge >= 0.3 is 0 Å². The first-order valence-corrected chi connectivity index (χ1v) is 7.50. The van der Waals surface area contributed by atoms with E-state index in [2.05, 4.69) is 25.1 Å². The van der Waals surface area contributed by atoms with Gasteiger partial charge < -0.3 is 5.32 Å². The maximum absolute atomic E-state index is 12.0. The molecule has 7 nitrogen and oxygen atoms in total. The van der Waals surface area contributed by atoms with Crippen LogP contribution in [0.25, 0.3) is 0 Å². The number of H-pyrrole nitrogens is 1. The van der Waals surface area contributed by atoms with Crippen molar-refractivity contribution in [2.24, 2.45) is 0 Å². The van der Waals surface area contributed by atoms with Crippen LogP contribution in [0.1, 0.15) is 5.69 Å². The van der Waals surface area contributed by atoms with E-state index in [1.54, 1.807) is 6.92 Å². The number of nitrogens with zero attached hydrogens (tertiary/aromatic N) is 2. The van der Waals surface area contributed by atoms with E-state index >= 15 is 0 Å². The molecule has 0 amide bonds. The summed E-state index contributed by atoms with van der Waals surface area (Å²) in [7, 11) is -3.43. The minimum absolute atomic E-state index is 0. The van der Waals surface area contributed by atoms with Crippen LogP contribution in [0.5, 0.6) is 0 Å². The van der Waals surface area contributed by atoms with Crippen LogP contribution in [0.2, 0.25) is 0 Å². The number of aryl methyl sites for hydroxylation is 1. The second kappa shape index (κ2) is 8.81. The molecule has 118 valence electrons. The molecule has 1 aromatic heterocycles. The molecule has 3 N–H and O–H groups in total. The van der Waals surface area contributed by atoms with Crippen molar-refractivity contribution in [3.63, 3.8) is 0 Å². The highest BCUT2D eigenvalue weighted by Gasteiger charge is 2.18. The van der Waals surface area contributed by atoms with Crippen LogP contribution in [0.4, 0.5) is 0 Å². The quantitative estimate of drug-likeness (QED) is 0.684. The Bertz CT molecular complexity index is 488. The standard InChI is InChI=1S/C10H19N5O2S.2ClH/c1-9-10(8-12-14-9)18(16,17)13-4-7-15-5-2-11-3-6-15;;/h8,11,13H,2-7H2,1H3,(H,12,14);2*1H. The average Bonchev–Trinajstić information content (AvgIpc) is 2.77. The molecule has 1 saturated heterocycles. The molecule has 1 aliphatic rings. The van der Waals surface area contributed by atoms with Crippen LogP contribution in [0.15, 0.2) is 11.1 Å². The first kappa shape index (κ1) is 19.6. The van der Waals surface area contributed by atoms with Gasteiger partial charge in [-0.25, -0.2) is 13.1 Å². The monoisotopic (exact) mass is 345 g/mol. The first-order chi connectivity index (χ1) is 8.59. The van der Waals surface area contributed by atoms with Crippen LogP contribution >= 0.6 is 24.8 Å². The van der Waals surface area contributed by atoms with Crippen molar-refractivity contribution in [3.05, 3.63) is 11.9 Å². The van der Waals surface area contributed by atoms with Gasteiger partial charge in [0.1, 0.15) is 4.90 Å². The van der Waals surface area contributed by atoms with E-state index < -0.39 is 10.0 Å². The summed E-state index contributed by atoms with van der Waals surface area (Å²) in [6, 6.07) is 0. The molecule has 1 fully saturated rings. The van der Waals surface area contributed by atoms with Gasteiger partial charge in [0.2, 0.25) is 10.0 Å². The van der Waals surface area contributed by atoms with E-state index in [1.165, 1.54) is 6.20 Å². The topological polar surface area (TPSA) is 90.1 Å². The van der Waals surface area contributed by atoms with Gasteiger partial charge in [0.15, 0.2) is 0 Å². The molecule has 0 aliphatic carbocycles. The summed E-state index contributed by atoms with van der Waals surface area (Å²) in [4.78, 5) is 2.46. The Balaban J connectivity index is 0.00000180. The molecule has 1 aliphatic heterocycles. The van der Waals surface area contributed by atoms with Crippen LogP contribution in [0, 0.1) is 6.92 Å². The molecule has 0 bridgehead atoms. The molecule has 0 atom stereocenters. The van der Waals surface area contributed by atoms with E-state index in [1.807, 2.05) is 0 Å². The number of hydrogen-bond donors (Lipinski definition) is 3. The van der Waals surface area contributed by atoms with Crippen molar-refractivity contribution in [2.75, 3.05) is 39.3 Å². The maximum Gasteiger partial charge on any atom is 0.243 e. The van der Waals surface area contributed by atoms with Gasteiger partial charge in [-0.05, 0) is 6.92 Å². The molecule has 0 unspecified atom stereocenters. The Hall–Kier alpha value is -0.380. The van der Waals surface area contributed by atoms with Crippen LogP contribution < -0.4 is 10.0 Å². The van der Waals surface area contributed by atoms with Gasteiger partial charge in [0.05, 0.1) is 11.9 Å². The van der Waals surface area contributed by atoms with Crippen molar-refractivity contribution in [1.29, 1.82) is 0 Å². The number of halogens is 2. The van der Waals surface area contributed by atoms with Gasteiger partial charge in [-0.1, -0.05) is 0 Å². The summed E-state index contributed by atoms with van der Waals surface area (Å²) in [6.45, 7) is 6.71. The van der Waals surface area contributed by atoms with Crippen LogP contribution in [-0.4, -0.2) is 62.8 Å². The SMILES string of the molecule is Cc1[nH]ncc1S(=O)(=O)NCCN1CCNCC1.Cl.Cl. The molecule has 20 heavy (non-hydrogen) atoms. The number of rotatable bonds is 5. The van der Waals surface area contributed by atoms with E-state index in [4.69, 9.17) is 0 Å². The Morgan fingerprint density at radius 1 is 1.35 bits per heavy atom. The number of piperazine rings is 1. The molecular formula is C10H21Cl2N5O2S. The zero-order chi connectivity index (χ0) is 13.0. The lowest BCUT2D eigenvalue weighted by molar-refractivity contribution is 0.245. The molecule has 1 aromatic rings. The number of hydrogen-bond acceptors (Lipinski definition) is 5. The largest absolute Gasteiger partial charge is 0.314 e. The maximum atomic E-state index is 12.0. The molecule has 0 aromatic carbocycles. The van der Waals surface area contributed by atoms with E-state index in [-0.39, 0.29) is 29.7 Å². The molecular weight excluding hydrogens is 325 g/mol. The first-order valence-electron chi connectivity index (χ1n) is 6.02. The normalized spacial score (nSPS) is 16.2. The summed E-state index contributed by atoms with van der Waals surface area (Å²) < 4.78 is 26.5. The molecule has 10 heteroatoms. The number of aromatic nitrogens is 2. The molecule has 0 spiro atoms. The Kier molecular flexibility index (Phi) is 8.64. The Labute approximate surface area is 131 Å². The highest BCUT2D eigenvalue weighted by Crippen LogP contribution is 2.10. The van der Waals surface area contributed by atoms with Gasteiger partial charge in [0, 0.05) is 39.3 Å². The van der Waals surface area contributed by atoms with E-state index in [0.717, 1.165) is 32.7 Å². The summed E-state index contributed by atoms with van der Waals surface area (Å²) in [6.07, 6.45) is 1.34. The summed E-state index contributed by atoms with van der Waals surface area (Å²) in [5.41, 5.74) is 0.560. The van der Waals surface area contributed by atoms with Crippen molar-refractivity contribution >= 4 is 34.8 Å². The molecule has 0 saturated carbocycles. The van der Waals surface area contributed by atoms with Gasteiger partial charge in [-0.2, -0.15) is 5.10 Å². The predicted octanol–water partition coefficient (Wildman–Crippen LogP) is -0.255. The summed E-state index contributed by atoms with van der Waals surface area (Å²) in [5, 5.41) is 9.61. The fourth-order valence-corrected chi connectivity index (χ4v) is 3.12.